The highest BCUT2D eigenvalue weighted by Gasteiger charge is 2.29. The molecule has 0 spiro atoms. The van der Waals surface area contributed by atoms with Crippen LogP contribution >= 0.6 is 11.8 Å². The molecule has 1 aliphatic heterocycles. The monoisotopic (exact) mass is 334 g/mol. The molecule has 3 N–H and O–H groups in total. The van der Waals surface area contributed by atoms with E-state index in [1.54, 1.807) is 6.33 Å². The lowest BCUT2D eigenvalue weighted by molar-refractivity contribution is -0.134. The van der Waals surface area contributed by atoms with Crippen LogP contribution in [-0.4, -0.2) is 48.6 Å². The lowest BCUT2D eigenvalue weighted by Crippen LogP contribution is -2.46. The first-order valence-electron chi connectivity index (χ1n) is 8.04. The number of nitrogens with one attached hydrogen (secondary N) is 1. The quantitative estimate of drug-likeness (QED) is 0.657. The van der Waals surface area contributed by atoms with Gasteiger partial charge in [0.05, 0.1) is 11.6 Å². The molecule has 2 aromatic rings. The van der Waals surface area contributed by atoms with Crippen molar-refractivity contribution >= 4 is 34.8 Å². The number of amides is 1. The predicted molar refractivity (Wildman–Crippen MR) is 91.1 cm³/mol. The van der Waals surface area contributed by atoms with Crippen LogP contribution in [0.1, 0.15) is 39.5 Å². The molecule has 3 rings (SSSR count). The third kappa shape index (κ3) is 3.26. The van der Waals surface area contributed by atoms with Gasteiger partial charge >= 0.3 is 0 Å². The predicted octanol–water partition coefficient (Wildman–Crippen LogP) is 2.21. The summed E-state index contributed by atoms with van der Waals surface area (Å²) >= 11 is 1.41. The zero-order valence-electron chi connectivity index (χ0n) is 13.5. The molecule has 124 valence electrons. The van der Waals surface area contributed by atoms with Crippen LogP contribution in [0.2, 0.25) is 0 Å². The van der Waals surface area contributed by atoms with Crippen molar-refractivity contribution in [1.82, 2.24) is 24.8 Å². The number of hydrogen-bond acceptors (Lipinski definition) is 6. The molecule has 1 aliphatic rings. The number of imidazole rings is 1. The van der Waals surface area contributed by atoms with Gasteiger partial charge < -0.3 is 15.6 Å². The maximum absolute atomic E-state index is 12.8. The summed E-state index contributed by atoms with van der Waals surface area (Å²) in [4.78, 5) is 30.4. The van der Waals surface area contributed by atoms with Crippen molar-refractivity contribution in [2.75, 3.05) is 12.3 Å². The molecular weight excluding hydrogens is 312 g/mol. The number of carbonyl (C=O) groups is 1. The summed E-state index contributed by atoms with van der Waals surface area (Å²) in [5.74, 6) is 0.350. The number of nitrogen functional groups attached to an aromatic ring is 1. The SMILES string of the molecule is CCC1CCCCN1C(=O)C(C)Sc1nc(N)nc2nc[nH]c12. The molecule has 1 saturated heterocycles. The normalized spacial score (nSPS) is 19.9. The van der Waals surface area contributed by atoms with Gasteiger partial charge in [-0.1, -0.05) is 18.7 Å². The minimum Gasteiger partial charge on any atom is -0.368 e. The number of hydrogen-bond donors (Lipinski definition) is 2. The first kappa shape index (κ1) is 16.0. The highest BCUT2D eigenvalue weighted by atomic mass is 32.2. The van der Waals surface area contributed by atoms with E-state index in [-0.39, 0.29) is 17.1 Å². The third-order valence-electron chi connectivity index (χ3n) is 4.29. The van der Waals surface area contributed by atoms with Crippen molar-refractivity contribution in [1.29, 1.82) is 0 Å². The molecule has 0 saturated carbocycles. The van der Waals surface area contributed by atoms with E-state index in [0.717, 1.165) is 31.3 Å². The van der Waals surface area contributed by atoms with E-state index < -0.39 is 0 Å². The second kappa shape index (κ2) is 6.74. The van der Waals surface area contributed by atoms with Crippen LogP contribution in [-0.2, 0) is 4.79 Å². The van der Waals surface area contributed by atoms with Gasteiger partial charge in [0.1, 0.15) is 10.5 Å². The molecule has 2 atom stereocenters. The zero-order valence-corrected chi connectivity index (χ0v) is 14.3. The highest BCUT2D eigenvalue weighted by molar-refractivity contribution is 8.00. The Morgan fingerprint density at radius 3 is 3.13 bits per heavy atom. The van der Waals surface area contributed by atoms with Gasteiger partial charge in [-0.3, -0.25) is 4.79 Å². The Hall–Kier alpha value is -1.83. The number of rotatable bonds is 4. The number of anilines is 1. The average molecular weight is 334 g/mol. The molecule has 0 aromatic carbocycles. The van der Waals surface area contributed by atoms with Crippen LogP contribution < -0.4 is 5.73 Å². The van der Waals surface area contributed by atoms with Gasteiger partial charge in [0.25, 0.3) is 0 Å². The van der Waals surface area contributed by atoms with Crippen LogP contribution in [0.25, 0.3) is 11.2 Å². The fraction of sp³-hybridized carbons (Fsp3) is 0.600. The number of aromatic nitrogens is 4. The molecule has 8 heteroatoms. The lowest BCUT2D eigenvalue weighted by atomic mass is 10.00. The standard InChI is InChI=1S/C15H22N6OS/c1-3-10-6-4-5-7-21(10)14(22)9(2)23-13-11-12(18-8-17-11)19-15(16)20-13/h8-10H,3-7H2,1-2H3,(H3,16,17,18,19,20). The molecule has 0 radical (unpaired) electrons. The summed E-state index contributed by atoms with van der Waals surface area (Å²) in [6.45, 7) is 4.93. The number of aromatic amines is 1. The van der Waals surface area contributed by atoms with Crippen LogP contribution in [0.15, 0.2) is 11.4 Å². The number of nitrogens with two attached hydrogens (primary N) is 1. The lowest BCUT2D eigenvalue weighted by Gasteiger charge is -2.36. The van der Waals surface area contributed by atoms with E-state index in [1.165, 1.54) is 18.2 Å². The first-order chi connectivity index (χ1) is 11.1. The Balaban J connectivity index is 1.78. The maximum Gasteiger partial charge on any atom is 0.236 e. The van der Waals surface area contributed by atoms with Gasteiger partial charge in [0.2, 0.25) is 11.9 Å². The van der Waals surface area contributed by atoms with Crippen molar-refractivity contribution in [3.63, 3.8) is 0 Å². The average Bonchev–Trinajstić information content (AvgIpc) is 3.02. The van der Waals surface area contributed by atoms with Crippen molar-refractivity contribution in [2.24, 2.45) is 0 Å². The second-order valence-corrected chi connectivity index (χ2v) is 7.17. The minimum atomic E-state index is -0.219. The van der Waals surface area contributed by atoms with Crippen molar-refractivity contribution in [3.05, 3.63) is 6.33 Å². The summed E-state index contributed by atoms with van der Waals surface area (Å²) in [6.07, 6.45) is 5.97. The van der Waals surface area contributed by atoms with E-state index in [9.17, 15) is 4.79 Å². The van der Waals surface area contributed by atoms with E-state index in [4.69, 9.17) is 5.73 Å². The largest absolute Gasteiger partial charge is 0.368 e. The van der Waals surface area contributed by atoms with Crippen LogP contribution in [0.5, 0.6) is 0 Å². The van der Waals surface area contributed by atoms with Crippen LogP contribution in [0, 0.1) is 0 Å². The molecule has 0 bridgehead atoms. The third-order valence-corrected chi connectivity index (χ3v) is 5.36. The van der Waals surface area contributed by atoms with Crippen molar-refractivity contribution < 1.29 is 4.79 Å². The molecule has 3 heterocycles. The number of H-pyrrole nitrogens is 1. The fourth-order valence-corrected chi connectivity index (χ4v) is 4.06. The van der Waals surface area contributed by atoms with Gasteiger partial charge in [-0.2, -0.15) is 4.98 Å². The topological polar surface area (TPSA) is 101 Å². The van der Waals surface area contributed by atoms with E-state index >= 15 is 0 Å². The Morgan fingerprint density at radius 2 is 2.35 bits per heavy atom. The van der Waals surface area contributed by atoms with E-state index in [2.05, 4.69) is 26.9 Å². The molecule has 1 fully saturated rings. The highest BCUT2D eigenvalue weighted by Crippen LogP contribution is 2.30. The number of piperidine rings is 1. The Morgan fingerprint density at radius 1 is 1.52 bits per heavy atom. The second-order valence-electron chi connectivity index (χ2n) is 5.84. The summed E-state index contributed by atoms with van der Waals surface area (Å²) in [5, 5.41) is 0.457. The number of thioether (sulfide) groups is 1. The number of fused-ring (bicyclic) bond motifs is 1. The molecule has 2 unspecified atom stereocenters. The fourth-order valence-electron chi connectivity index (χ4n) is 3.07. The summed E-state index contributed by atoms with van der Waals surface area (Å²) in [6, 6.07) is 0.363. The molecule has 1 amide bonds. The molecule has 7 nitrogen and oxygen atoms in total. The van der Waals surface area contributed by atoms with Gasteiger partial charge in [0.15, 0.2) is 5.65 Å². The van der Waals surface area contributed by atoms with Gasteiger partial charge in [-0.25, -0.2) is 9.97 Å². The number of likely N-dealkylation sites (tertiary alicyclic amines) is 1. The van der Waals surface area contributed by atoms with Crippen LogP contribution in [0.4, 0.5) is 5.95 Å². The Kier molecular flexibility index (Phi) is 4.70. The maximum atomic E-state index is 12.8. The van der Waals surface area contributed by atoms with E-state index in [0.29, 0.717) is 16.7 Å². The zero-order chi connectivity index (χ0) is 16.4. The summed E-state index contributed by atoms with van der Waals surface area (Å²) in [5.41, 5.74) is 7.00. The minimum absolute atomic E-state index is 0.173. The first-order valence-corrected chi connectivity index (χ1v) is 8.91. The molecule has 2 aromatic heterocycles. The van der Waals surface area contributed by atoms with Crippen molar-refractivity contribution in [2.45, 2.75) is 55.8 Å². The van der Waals surface area contributed by atoms with Crippen LogP contribution in [0.3, 0.4) is 0 Å². The van der Waals surface area contributed by atoms with Gasteiger partial charge in [-0.15, -0.1) is 0 Å². The smallest absolute Gasteiger partial charge is 0.236 e. The van der Waals surface area contributed by atoms with Crippen molar-refractivity contribution in [3.8, 4) is 0 Å². The molecular formula is C15H22N6OS. The molecule has 23 heavy (non-hydrogen) atoms. The number of nitrogens with zero attached hydrogens (tertiary/aromatic N) is 4. The van der Waals surface area contributed by atoms with Gasteiger partial charge in [-0.05, 0) is 32.6 Å². The number of carbonyl (C=O) groups excluding carboxylic acids is 1. The Labute approximate surface area is 139 Å². The van der Waals surface area contributed by atoms with E-state index in [1.807, 2.05) is 11.8 Å². The summed E-state index contributed by atoms with van der Waals surface area (Å²) in [7, 11) is 0. The summed E-state index contributed by atoms with van der Waals surface area (Å²) < 4.78 is 0. The van der Waals surface area contributed by atoms with Gasteiger partial charge in [0, 0.05) is 12.6 Å². The molecule has 0 aliphatic carbocycles. The Bertz CT molecular complexity index is 702.